The van der Waals surface area contributed by atoms with Crippen LogP contribution in [0.25, 0.3) is 0 Å². The van der Waals surface area contributed by atoms with E-state index in [-0.39, 0.29) is 0 Å². The van der Waals surface area contributed by atoms with E-state index >= 15 is 0 Å². The highest BCUT2D eigenvalue weighted by molar-refractivity contribution is 5.73. The molecule has 2 aliphatic heterocycles. The van der Waals surface area contributed by atoms with E-state index in [0.29, 0.717) is 5.54 Å². The monoisotopic (exact) mass is 318 g/mol. The van der Waals surface area contributed by atoms with Crippen molar-refractivity contribution in [3.8, 4) is 0 Å². The number of carboxylic acid groups (broad SMARTS) is 1. The fourth-order valence-electron chi connectivity index (χ4n) is 2.69. The molecule has 0 radical (unpaired) electrons. The molecule has 1 aromatic heterocycles. The van der Waals surface area contributed by atoms with Crippen molar-refractivity contribution >= 4 is 11.9 Å². The van der Waals surface area contributed by atoms with Crippen LogP contribution < -0.4 is 10.2 Å². The molecule has 122 valence electrons. The van der Waals surface area contributed by atoms with E-state index in [1.165, 1.54) is 19.3 Å². The maximum atomic E-state index is 10.6. The smallest absolute Gasteiger partial charge is 0.475 e. The second-order valence-corrected chi connectivity index (χ2v) is 5.23. The average molecular weight is 318 g/mol. The number of piperidine rings is 1. The molecule has 2 fully saturated rings. The van der Waals surface area contributed by atoms with E-state index in [1.807, 2.05) is 18.5 Å². The zero-order valence-electron chi connectivity index (χ0n) is 11.8. The summed E-state index contributed by atoms with van der Waals surface area (Å²) in [5, 5.41) is 10.5. The molecule has 0 unspecified atom stereocenters. The number of alkyl halides is 3. The van der Waals surface area contributed by atoms with Crippen molar-refractivity contribution in [2.45, 2.75) is 31.0 Å². The van der Waals surface area contributed by atoms with Crippen LogP contribution in [0.1, 0.15) is 19.3 Å². The Kier molecular flexibility index (Phi) is 4.84. The van der Waals surface area contributed by atoms with Gasteiger partial charge in [0.25, 0.3) is 0 Å². The van der Waals surface area contributed by atoms with Crippen molar-refractivity contribution in [2.75, 3.05) is 24.5 Å². The summed E-state index contributed by atoms with van der Waals surface area (Å²) < 4.78 is 31.7. The first-order valence-corrected chi connectivity index (χ1v) is 6.91. The Bertz CT molecular complexity index is 504. The third-order valence-corrected chi connectivity index (χ3v) is 3.94. The largest absolute Gasteiger partial charge is 0.490 e. The molecule has 3 heterocycles. The Morgan fingerprint density at radius 1 is 1.23 bits per heavy atom. The fourth-order valence-corrected chi connectivity index (χ4v) is 2.69. The minimum absolute atomic E-state index is 0.368. The Labute approximate surface area is 125 Å². The molecule has 2 aliphatic rings. The number of rotatable bonds is 1. The zero-order valence-corrected chi connectivity index (χ0v) is 11.8. The predicted molar refractivity (Wildman–Crippen MR) is 72.5 cm³/mol. The van der Waals surface area contributed by atoms with Crippen molar-refractivity contribution in [3.63, 3.8) is 0 Å². The normalized spacial score (nSPS) is 19.9. The van der Waals surface area contributed by atoms with Crippen LogP contribution in [0.4, 0.5) is 19.1 Å². The van der Waals surface area contributed by atoms with Crippen molar-refractivity contribution < 1.29 is 23.1 Å². The third kappa shape index (κ3) is 3.65. The lowest BCUT2D eigenvalue weighted by atomic mass is 9.77. The molecular weight excluding hydrogens is 301 g/mol. The first-order valence-electron chi connectivity index (χ1n) is 6.91. The van der Waals surface area contributed by atoms with E-state index in [9.17, 15) is 13.2 Å². The van der Waals surface area contributed by atoms with Gasteiger partial charge in [0.1, 0.15) is 0 Å². The van der Waals surface area contributed by atoms with E-state index < -0.39 is 12.1 Å². The molecule has 0 saturated carbocycles. The van der Waals surface area contributed by atoms with Gasteiger partial charge >= 0.3 is 12.1 Å². The van der Waals surface area contributed by atoms with Crippen molar-refractivity contribution in [3.05, 3.63) is 18.5 Å². The molecule has 2 saturated heterocycles. The van der Waals surface area contributed by atoms with Gasteiger partial charge in [0, 0.05) is 24.5 Å². The fraction of sp³-hybridized carbons (Fsp3) is 0.615. The summed E-state index contributed by atoms with van der Waals surface area (Å²) >= 11 is 0. The Hall–Kier alpha value is -1.90. The van der Waals surface area contributed by atoms with Crippen LogP contribution in [0.5, 0.6) is 0 Å². The number of anilines is 1. The first-order chi connectivity index (χ1) is 10.4. The van der Waals surface area contributed by atoms with Crippen LogP contribution in [0, 0.1) is 0 Å². The van der Waals surface area contributed by atoms with Gasteiger partial charge in [0.15, 0.2) is 0 Å². The number of nitrogens with zero attached hydrogens (tertiary/aromatic N) is 3. The number of carboxylic acids is 1. The molecule has 0 atom stereocenters. The lowest BCUT2D eigenvalue weighted by molar-refractivity contribution is -0.192. The molecule has 0 aliphatic carbocycles. The van der Waals surface area contributed by atoms with E-state index in [1.54, 1.807) is 0 Å². The first kappa shape index (κ1) is 16.5. The maximum Gasteiger partial charge on any atom is 0.490 e. The third-order valence-electron chi connectivity index (χ3n) is 3.94. The molecule has 0 aromatic carbocycles. The van der Waals surface area contributed by atoms with Crippen molar-refractivity contribution in [1.29, 1.82) is 0 Å². The van der Waals surface area contributed by atoms with Crippen LogP contribution in [-0.4, -0.2) is 52.4 Å². The summed E-state index contributed by atoms with van der Waals surface area (Å²) in [6, 6.07) is 1.87. The van der Waals surface area contributed by atoms with Crippen LogP contribution in [0.2, 0.25) is 0 Å². The molecule has 1 spiro atoms. The molecule has 6 nitrogen and oxygen atoms in total. The van der Waals surface area contributed by atoms with Crippen LogP contribution in [-0.2, 0) is 4.79 Å². The maximum absolute atomic E-state index is 10.6. The highest BCUT2D eigenvalue weighted by atomic mass is 19.4. The number of aromatic nitrogens is 2. The lowest BCUT2D eigenvalue weighted by Crippen LogP contribution is -2.64. The van der Waals surface area contributed by atoms with E-state index in [0.717, 1.165) is 25.6 Å². The standard InChI is InChI=1S/C11H16N4.C2HF3O2/c1-5-13-10(14-6-1)15-9-4-11(15)2-7-12-8-3-11;3-2(4,5)1(6)7/h1,5-6,12H,2-4,7-9H2;(H,6,7). The molecule has 9 heteroatoms. The van der Waals surface area contributed by atoms with E-state index in [4.69, 9.17) is 9.90 Å². The summed E-state index contributed by atoms with van der Waals surface area (Å²) in [6.07, 6.45) is 2.33. The zero-order chi connectivity index (χ0) is 16.2. The molecule has 3 rings (SSSR count). The topological polar surface area (TPSA) is 78.3 Å². The summed E-state index contributed by atoms with van der Waals surface area (Å²) in [4.78, 5) is 20.0. The summed E-state index contributed by atoms with van der Waals surface area (Å²) in [7, 11) is 0. The summed E-state index contributed by atoms with van der Waals surface area (Å²) in [5.74, 6) is -1.85. The average Bonchev–Trinajstić information content (AvgIpc) is 2.48. The minimum Gasteiger partial charge on any atom is -0.475 e. The van der Waals surface area contributed by atoms with Crippen LogP contribution in [0.15, 0.2) is 18.5 Å². The number of hydrogen-bond acceptors (Lipinski definition) is 5. The lowest BCUT2D eigenvalue weighted by Gasteiger charge is -2.55. The number of halogens is 3. The van der Waals surface area contributed by atoms with Gasteiger partial charge in [0.05, 0.1) is 0 Å². The molecule has 22 heavy (non-hydrogen) atoms. The summed E-state index contributed by atoms with van der Waals surface area (Å²) in [6.45, 7) is 3.37. The van der Waals surface area contributed by atoms with Gasteiger partial charge in [-0.1, -0.05) is 0 Å². The number of carbonyl (C=O) groups is 1. The Balaban J connectivity index is 0.000000217. The van der Waals surface area contributed by atoms with Gasteiger partial charge in [-0.3, -0.25) is 0 Å². The van der Waals surface area contributed by atoms with Gasteiger partial charge < -0.3 is 15.3 Å². The second-order valence-electron chi connectivity index (χ2n) is 5.23. The molecule has 0 bridgehead atoms. The Morgan fingerprint density at radius 2 is 1.77 bits per heavy atom. The van der Waals surface area contributed by atoms with Gasteiger partial charge in [-0.2, -0.15) is 13.2 Å². The number of hydrogen-bond donors (Lipinski definition) is 2. The molecule has 2 N–H and O–H groups in total. The SMILES string of the molecule is O=C(O)C(F)(F)F.c1cnc(N2CCC23CCNCC3)nc1. The number of nitrogens with one attached hydrogen (secondary N) is 1. The van der Waals surface area contributed by atoms with Crippen molar-refractivity contribution in [2.24, 2.45) is 0 Å². The van der Waals surface area contributed by atoms with Gasteiger partial charge in [-0.25, -0.2) is 14.8 Å². The van der Waals surface area contributed by atoms with Crippen molar-refractivity contribution in [1.82, 2.24) is 15.3 Å². The second kappa shape index (κ2) is 6.47. The number of aliphatic carboxylic acids is 1. The quantitative estimate of drug-likeness (QED) is 0.816. The van der Waals surface area contributed by atoms with Crippen LogP contribution >= 0.6 is 0 Å². The highest BCUT2D eigenvalue weighted by Crippen LogP contribution is 2.39. The van der Waals surface area contributed by atoms with Gasteiger partial charge in [-0.05, 0) is 38.4 Å². The molecule has 0 amide bonds. The summed E-state index contributed by atoms with van der Waals surface area (Å²) in [5.41, 5.74) is 0.368. The van der Waals surface area contributed by atoms with Crippen LogP contribution in [0.3, 0.4) is 0 Å². The highest BCUT2D eigenvalue weighted by Gasteiger charge is 2.46. The predicted octanol–water partition coefficient (Wildman–Crippen LogP) is 1.44. The van der Waals surface area contributed by atoms with E-state index in [2.05, 4.69) is 20.2 Å². The molecular formula is C13H17F3N4O2. The molecule has 1 aromatic rings. The Morgan fingerprint density at radius 3 is 2.18 bits per heavy atom. The minimum atomic E-state index is -5.08. The van der Waals surface area contributed by atoms with Gasteiger partial charge in [0.2, 0.25) is 5.95 Å². The van der Waals surface area contributed by atoms with Gasteiger partial charge in [-0.15, -0.1) is 0 Å².